The molecule has 80 valence electrons. The monoisotopic (exact) mass is 194 g/mol. The van der Waals surface area contributed by atoms with Crippen molar-refractivity contribution in [3.05, 3.63) is 23.8 Å². The standard InChI is InChI=1S/C10H16N2.C2H6/c1-7(2)9-5-10(8(3)4)12-6-11-9;1-2/h5-8H,1-4H3;1-2H3. The normalized spacial score (nSPS) is 10.0. The Morgan fingerprint density at radius 1 is 0.857 bits per heavy atom. The Morgan fingerprint density at radius 2 is 1.21 bits per heavy atom. The molecule has 1 heterocycles. The van der Waals surface area contributed by atoms with Gasteiger partial charge in [-0.05, 0) is 17.9 Å². The van der Waals surface area contributed by atoms with Gasteiger partial charge in [0.15, 0.2) is 0 Å². The summed E-state index contributed by atoms with van der Waals surface area (Å²) in [6.45, 7) is 12.6. The van der Waals surface area contributed by atoms with E-state index in [0.717, 1.165) is 11.4 Å². The highest BCUT2D eigenvalue weighted by Gasteiger charge is 2.04. The van der Waals surface area contributed by atoms with Gasteiger partial charge in [0.25, 0.3) is 0 Å². The summed E-state index contributed by atoms with van der Waals surface area (Å²) in [4.78, 5) is 8.42. The fourth-order valence-corrected chi connectivity index (χ4v) is 1.02. The van der Waals surface area contributed by atoms with Crippen LogP contribution in [0.3, 0.4) is 0 Å². The molecule has 0 aromatic carbocycles. The van der Waals surface area contributed by atoms with Crippen molar-refractivity contribution in [1.82, 2.24) is 9.97 Å². The predicted octanol–water partition coefficient (Wildman–Crippen LogP) is 3.75. The van der Waals surface area contributed by atoms with Crippen molar-refractivity contribution in [3.63, 3.8) is 0 Å². The molecular weight excluding hydrogens is 172 g/mol. The smallest absolute Gasteiger partial charge is 0.115 e. The van der Waals surface area contributed by atoms with Gasteiger partial charge in [-0.25, -0.2) is 9.97 Å². The molecule has 1 aromatic rings. The van der Waals surface area contributed by atoms with Crippen LogP contribution in [0.5, 0.6) is 0 Å². The van der Waals surface area contributed by atoms with Crippen molar-refractivity contribution in [3.8, 4) is 0 Å². The van der Waals surface area contributed by atoms with Crippen molar-refractivity contribution < 1.29 is 0 Å². The van der Waals surface area contributed by atoms with Crippen LogP contribution >= 0.6 is 0 Å². The van der Waals surface area contributed by atoms with E-state index in [9.17, 15) is 0 Å². The maximum Gasteiger partial charge on any atom is 0.115 e. The van der Waals surface area contributed by atoms with E-state index in [1.807, 2.05) is 13.8 Å². The number of nitrogens with zero attached hydrogens (tertiary/aromatic N) is 2. The molecule has 2 heteroatoms. The molecule has 0 aliphatic heterocycles. The predicted molar refractivity (Wildman–Crippen MR) is 61.6 cm³/mol. The molecule has 1 rings (SSSR count). The first kappa shape index (κ1) is 13.1. The molecule has 0 fully saturated rings. The van der Waals surface area contributed by atoms with E-state index in [1.165, 1.54) is 0 Å². The number of rotatable bonds is 2. The minimum absolute atomic E-state index is 0.491. The molecule has 0 radical (unpaired) electrons. The summed E-state index contributed by atoms with van der Waals surface area (Å²) in [6.07, 6.45) is 1.66. The van der Waals surface area contributed by atoms with Gasteiger partial charge in [0.1, 0.15) is 6.33 Å². The van der Waals surface area contributed by atoms with Crippen LogP contribution in [0.4, 0.5) is 0 Å². The van der Waals surface area contributed by atoms with Gasteiger partial charge in [0.05, 0.1) is 0 Å². The maximum atomic E-state index is 4.21. The first-order valence-corrected chi connectivity index (χ1v) is 5.43. The van der Waals surface area contributed by atoms with E-state index in [4.69, 9.17) is 0 Å². The highest BCUT2D eigenvalue weighted by atomic mass is 14.8. The molecule has 0 atom stereocenters. The van der Waals surface area contributed by atoms with Gasteiger partial charge in [0, 0.05) is 11.4 Å². The van der Waals surface area contributed by atoms with Crippen LogP contribution < -0.4 is 0 Å². The molecule has 14 heavy (non-hydrogen) atoms. The molecule has 0 spiro atoms. The lowest BCUT2D eigenvalue weighted by atomic mass is 10.1. The summed E-state index contributed by atoms with van der Waals surface area (Å²) in [5, 5.41) is 0. The lowest BCUT2D eigenvalue weighted by Gasteiger charge is -2.07. The van der Waals surface area contributed by atoms with Crippen molar-refractivity contribution in [1.29, 1.82) is 0 Å². The van der Waals surface area contributed by atoms with Gasteiger partial charge in [-0.3, -0.25) is 0 Å². The van der Waals surface area contributed by atoms with Gasteiger partial charge >= 0.3 is 0 Å². The van der Waals surface area contributed by atoms with Crippen molar-refractivity contribution in [2.45, 2.75) is 53.4 Å². The molecule has 0 unspecified atom stereocenters. The van der Waals surface area contributed by atoms with E-state index in [2.05, 4.69) is 43.7 Å². The fourth-order valence-electron chi connectivity index (χ4n) is 1.02. The van der Waals surface area contributed by atoms with Crippen LogP contribution in [-0.2, 0) is 0 Å². The Hall–Kier alpha value is -0.920. The lowest BCUT2D eigenvalue weighted by Crippen LogP contribution is -1.98. The summed E-state index contributed by atoms with van der Waals surface area (Å²) in [5.74, 6) is 0.982. The second-order valence-electron chi connectivity index (χ2n) is 3.68. The lowest BCUT2D eigenvalue weighted by molar-refractivity contribution is 0.767. The highest BCUT2D eigenvalue weighted by Crippen LogP contribution is 2.15. The van der Waals surface area contributed by atoms with Gasteiger partial charge < -0.3 is 0 Å². The summed E-state index contributed by atoms with van der Waals surface area (Å²) in [7, 11) is 0. The Morgan fingerprint density at radius 3 is 1.50 bits per heavy atom. The number of aromatic nitrogens is 2. The molecule has 0 saturated carbocycles. The minimum Gasteiger partial charge on any atom is -0.241 e. The van der Waals surface area contributed by atoms with Crippen molar-refractivity contribution in [2.75, 3.05) is 0 Å². The summed E-state index contributed by atoms with van der Waals surface area (Å²) in [6, 6.07) is 2.09. The molecule has 0 saturated heterocycles. The third kappa shape index (κ3) is 3.86. The zero-order valence-electron chi connectivity index (χ0n) is 10.2. The van der Waals surface area contributed by atoms with Crippen LogP contribution in [0.1, 0.15) is 64.8 Å². The van der Waals surface area contributed by atoms with Crippen molar-refractivity contribution in [2.24, 2.45) is 0 Å². The van der Waals surface area contributed by atoms with Gasteiger partial charge in [0.2, 0.25) is 0 Å². The zero-order valence-corrected chi connectivity index (χ0v) is 10.2. The summed E-state index contributed by atoms with van der Waals surface area (Å²) < 4.78 is 0. The molecule has 0 bridgehead atoms. The fraction of sp³-hybridized carbons (Fsp3) is 0.667. The van der Waals surface area contributed by atoms with Crippen LogP contribution in [-0.4, -0.2) is 9.97 Å². The molecule has 0 aliphatic carbocycles. The minimum atomic E-state index is 0.491. The summed E-state index contributed by atoms with van der Waals surface area (Å²) >= 11 is 0. The molecule has 0 N–H and O–H groups in total. The third-order valence-electron chi connectivity index (χ3n) is 1.89. The van der Waals surface area contributed by atoms with Crippen LogP contribution in [0.25, 0.3) is 0 Å². The molecule has 2 nitrogen and oxygen atoms in total. The zero-order chi connectivity index (χ0) is 11.1. The molecule has 1 aromatic heterocycles. The largest absolute Gasteiger partial charge is 0.241 e. The first-order chi connectivity index (χ1) is 6.61. The van der Waals surface area contributed by atoms with Crippen molar-refractivity contribution >= 4 is 0 Å². The Kier molecular flexibility index (Phi) is 6.09. The maximum absolute atomic E-state index is 4.21. The second-order valence-corrected chi connectivity index (χ2v) is 3.68. The topological polar surface area (TPSA) is 25.8 Å². The van der Waals surface area contributed by atoms with Gasteiger partial charge in [-0.15, -0.1) is 0 Å². The van der Waals surface area contributed by atoms with E-state index in [-0.39, 0.29) is 0 Å². The first-order valence-electron chi connectivity index (χ1n) is 5.43. The van der Waals surface area contributed by atoms with Gasteiger partial charge in [-0.1, -0.05) is 41.5 Å². The molecule has 0 aliphatic rings. The van der Waals surface area contributed by atoms with E-state index in [0.29, 0.717) is 11.8 Å². The average molecular weight is 194 g/mol. The highest BCUT2D eigenvalue weighted by molar-refractivity contribution is 5.13. The average Bonchev–Trinajstić information content (AvgIpc) is 2.21. The Balaban J connectivity index is 0.000000791. The van der Waals surface area contributed by atoms with E-state index < -0.39 is 0 Å². The van der Waals surface area contributed by atoms with E-state index >= 15 is 0 Å². The third-order valence-corrected chi connectivity index (χ3v) is 1.89. The van der Waals surface area contributed by atoms with Crippen LogP contribution in [0.15, 0.2) is 12.4 Å². The quantitative estimate of drug-likeness (QED) is 0.716. The van der Waals surface area contributed by atoms with Crippen LogP contribution in [0, 0.1) is 0 Å². The Bertz CT molecular complexity index is 231. The van der Waals surface area contributed by atoms with Gasteiger partial charge in [-0.2, -0.15) is 0 Å². The number of hydrogen-bond acceptors (Lipinski definition) is 2. The van der Waals surface area contributed by atoms with E-state index in [1.54, 1.807) is 6.33 Å². The molecular formula is C12H22N2. The SMILES string of the molecule is CC.CC(C)c1cc(C(C)C)ncn1. The molecule has 0 amide bonds. The second kappa shape index (κ2) is 6.52. The Labute approximate surface area is 87.8 Å². The summed E-state index contributed by atoms with van der Waals surface area (Å²) in [5.41, 5.74) is 2.27. The van der Waals surface area contributed by atoms with Crippen LogP contribution in [0.2, 0.25) is 0 Å². The number of hydrogen-bond donors (Lipinski definition) is 0.